The van der Waals surface area contributed by atoms with Crippen LogP contribution in [0.2, 0.25) is 0 Å². The second kappa shape index (κ2) is 8.94. The Morgan fingerprint density at radius 3 is 2.19 bits per heavy atom. The minimum atomic E-state index is -0.826. The summed E-state index contributed by atoms with van der Waals surface area (Å²) in [5, 5.41) is 0. The minimum absolute atomic E-state index is 0.0430. The van der Waals surface area contributed by atoms with Crippen LogP contribution in [0.4, 0.5) is 5.69 Å². The molecular weight excluding hydrogens is 408 g/mol. The van der Waals surface area contributed by atoms with E-state index >= 15 is 0 Å². The molecule has 0 N–H and O–H groups in total. The molecule has 32 heavy (non-hydrogen) atoms. The summed E-state index contributed by atoms with van der Waals surface area (Å²) in [4.78, 5) is 53.6. The summed E-state index contributed by atoms with van der Waals surface area (Å²) >= 11 is 0. The fourth-order valence-corrected chi connectivity index (χ4v) is 4.52. The van der Waals surface area contributed by atoms with E-state index in [0.717, 1.165) is 36.1 Å². The van der Waals surface area contributed by atoms with E-state index in [1.807, 2.05) is 19.1 Å². The summed E-state index contributed by atoms with van der Waals surface area (Å²) in [7, 11) is 0. The van der Waals surface area contributed by atoms with Gasteiger partial charge in [0.25, 0.3) is 11.8 Å². The smallest absolute Gasteiger partial charge is 0.308 e. The molecule has 1 atom stereocenters. The summed E-state index contributed by atoms with van der Waals surface area (Å²) in [6.07, 6.45) is 3.61. The molecule has 0 aromatic heterocycles. The first-order chi connectivity index (χ1) is 15.3. The van der Waals surface area contributed by atoms with E-state index in [0.29, 0.717) is 17.0 Å². The van der Waals surface area contributed by atoms with E-state index < -0.39 is 17.9 Å². The van der Waals surface area contributed by atoms with E-state index in [9.17, 15) is 19.2 Å². The van der Waals surface area contributed by atoms with Gasteiger partial charge in [0.2, 0.25) is 5.91 Å². The van der Waals surface area contributed by atoms with Gasteiger partial charge in [-0.2, -0.15) is 0 Å². The van der Waals surface area contributed by atoms with E-state index in [1.165, 1.54) is 19.1 Å². The predicted octanol–water partition coefficient (Wildman–Crippen LogP) is 3.64. The third-order valence-electron chi connectivity index (χ3n) is 6.07. The van der Waals surface area contributed by atoms with E-state index in [1.54, 1.807) is 29.2 Å². The van der Waals surface area contributed by atoms with Crippen molar-refractivity contribution in [3.8, 4) is 5.75 Å². The van der Waals surface area contributed by atoms with Crippen LogP contribution in [0.15, 0.2) is 48.5 Å². The van der Waals surface area contributed by atoms with Crippen molar-refractivity contribution in [3.05, 3.63) is 59.7 Å². The summed E-state index contributed by atoms with van der Waals surface area (Å²) in [6, 6.07) is 12.6. The number of imide groups is 1. The number of nitrogens with zero attached hydrogens (tertiary/aromatic N) is 2. The highest BCUT2D eigenvalue weighted by atomic mass is 16.5. The highest BCUT2D eigenvalue weighted by molar-refractivity contribution is 6.23. The molecule has 1 heterocycles. The van der Waals surface area contributed by atoms with Crippen LogP contribution >= 0.6 is 0 Å². The zero-order chi connectivity index (χ0) is 22.8. The Bertz CT molecular complexity index is 1040. The molecule has 4 rings (SSSR count). The molecule has 7 nitrogen and oxygen atoms in total. The number of hydrogen-bond acceptors (Lipinski definition) is 5. The average Bonchev–Trinajstić information content (AvgIpc) is 3.38. The van der Waals surface area contributed by atoms with Crippen LogP contribution in [-0.4, -0.2) is 40.7 Å². The first-order valence-electron chi connectivity index (χ1n) is 10.9. The van der Waals surface area contributed by atoms with Gasteiger partial charge in [0.05, 0.1) is 12.1 Å². The number of aryl methyl sites for hydroxylation is 1. The zero-order valence-corrected chi connectivity index (χ0v) is 18.2. The van der Waals surface area contributed by atoms with Crippen LogP contribution < -0.4 is 9.64 Å². The molecule has 1 unspecified atom stereocenters. The Labute approximate surface area is 187 Å². The van der Waals surface area contributed by atoms with Crippen molar-refractivity contribution in [1.29, 1.82) is 0 Å². The molecule has 7 heteroatoms. The lowest BCUT2D eigenvalue weighted by molar-refractivity contribution is -0.132. The third kappa shape index (κ3) is 4.28. The number of esters is 1. The molecule has 2 aliphatic rings. The topological polar surface area (TPSA) is 84.0 Å². The molecule has 1 aliphatic carbocycles. The number of amides is 3. The van der Waals surface area contributed by atoms with Crippen molar-refractivity contribution in [2.24, 2.45) is 0 Å². The molecule has 1 saturated carbocycles. The van der Waals surface area contributed by atoms with Crippen molar-refractivity contribution in [2.45, 2.75) is 58.0 Å². The SMILES string of the molecule is CC(=O)Oc1ccc(N2C(=O)CC(N(C(=O)c3ccc(C)cc3)C3CCCC3)C2=O)cc1. The van der Waals surface area contributed by atoms with Crippen LogP contribution in [0, 0.1) is 6.92 Å². The monoisotopic (exact) mass is 434 g/mol. The third-order valence-corrected chi connectivity index (χ3v) is 6.07. The van der Waals surface area contributed by atoms with Gasteiger partial charge in [-0.25, -0.2) is 4.90 Å². The first-order valence-corrected chi connectivity index (χ1v) is 10.9. The lowest BCUT2D eigenvalue weighted by Gasteiger charge is -2.33. The molecule has 2 aromatic carbocycles. The van der Waals surface area contributed by atoms with Crippen LogP contribution in [0.1, 0.15) is 54.9 Å². The number of carbonyl (C=O) groups excluding carboxylic acids is 4. The lowest BCUT2D eigenvalue weighted by Crippen LogP contribution is -2.50. The van der Waals surface area contributed by atoms with Crippen molar-refractivity contribution in [3.63, 3.8) is 0 Å². The quantitative estimate of drug-likeness (QED) is 0.408. The predicted molar refractivity (Wildman–Crippen MR) is 118 cm³/mol. The van der Waals surface area contributed by atoms with Gasteiger partial charge in [0, 0.05) is 18.5 Å². The highest BCUT2D eigenvalue weighted by Gasteiger charge is 2.47. The first kappa shape index (κ1) is 21.7. The van der Waals surface area contributed by atoms with Gasteiger partial charge < -0.3 is 9.64 Å². The second-order valence-corrected chi connectivity index (χ2v) is 8.39. The minimum Gasteiger partial charge on any atom is -0.427 e. The van der Waals surface area contributed by atoms with Crippen LogP contribution in [0.25, 0.3) is 0 Å². The van der Waals surface area contributed by atoms with E-state index in [2.05, 4.69) is 0 Å². The molecule has 1 saturated heterocycles. The number of ether oxygens (including phenoxy) is 1. The Kier molecular flexibility index (Phi) is 6.08. The molecule has 166 valence electrons. The summed E-state index contributed by atoms with van der Waals surface area (Å²) < 4.78 is 5.02. The molecule has 2 fully saturated rings. The molecular formula is C25H26N2O5. The maximum Gasteiger partial charge on any atom is 0.308 e. The summed E-state index contributed by atoms with van der Waals surface area (Å²) in [6.45, 7) is 3.25. The van der Waals surface area contributed by atoms with E-state index in [4.69, 9.17) is 4.74 Å². The average molecular weight is 434 g/mol. The normalized spacial score (nSPS) is 18.8. The number of benzene rings is 2. The van der Waals surface area contributed by atoms with Crippen LogP contribution in [0.3, 0.4) is 0 Å². The Balaban J connectivity index is 1.61. The second-order valence-electron chi connectivity index (χ2n) is 8.39. The summed E-state index contributed by atoms with van der Waals surface area (Å²) in [5.41, 5.74) is 1.96. The molecule has 0 radical (unpaired) electrons. The van der Waals surface area contributed by atoms with Gasteiger partial charge in [-0.1, -0.05) is 30.5 Å². The Hall–Kier alpha value is -3.48. The molecule has 1 aliphatic heterocycles. The molecule has 2 aromatic rings. The fourth-order valence-electron chi connectivity index (χ4n) is 4.52. The Morgan fingerprint density at radius 1 is 0.969 bits per heavy atom. The maximum atomic E-state index is 13.5. The number of carbonyl (C=O) groups is 4. The van der Waals surface area contributed by atoms with Crippen molar-refractivity contribution < 1.29 is 23.9 Å². The summed E-state index contributed by atoms with van der Waals surface area (Å²) in [5.74, 6) is -1.08. The molecule has 0 spiro atoms. The standard InChI is InChI=1S/C25H26N2O5/c1-16-7-9-18(10-8-16)24(30)26(19-5-3-4-6-19)22-15-23(29)27(25(22)31)20-11-13-21(14-12-20)32-17(2)28/h7-14,19,22H,3-6,15H2,1-2H3. The van der Waals surface area contributed by atoms with Gasteiger partial charge in [-0.05, 0) is 56.2 Å². The fraction of sp³-hybridized carbons (Fsp3) is 0.360. The Morgan fingerprint density at radius 2 is 1.59 bits per heavy atom. The number of anilines is 1. The van der Waals surface area contributed by atoms with E-state index in [-0.39, 0.29) is 24.3 Å². The van der Waals surface area contributed by atoms with Crippen molar-refractivity contribution in [2.75, 3.05) is 4.90 Å². The van der Waals surface area contributed by atoms with Gasteiger partial charge in [-0.15, -0.1) is 0 Å². The molecule has 0 bridgehead atoms. The van der Waals surface area contributed by atoms with Crippen LogP contribution in [0.5, 0.6) is 5.75 Å². The van der Waals surface area contributed by atoms with Gasteiger partial charge in [0.15, 0.2) is 0 Å². The highest BCUT2D eigenvalue weighted by Crippen LogP contribution is 2.33. The maximum absolute atomic E-state index is 13.5. The van der Waals surface area contributed by atoms with Gasteiger partial charge in [-0.3, -0.25) is 19.2 Å². The number of hydrogen-bond donors (Lipinski definition) is 0. The van der Waals surface area contributed by atoms with Crippen LogP contribution in [-0.2, 0) is 14.4 Å². The zero-order valence-electron chi connectivity index (χ0n) is 18.2. The number of rotatable bonds is 5. The van der Waals surface area contributed by atoms with Gasteiger partial charge >= 0.3 is 5.97 Å². The lowest BCUT2D eigenvalue weighted by atomic mass is 10.0. The largest absolute Gasteiger partial charge is 0.427 e. The van der Waals surface area contributed by atoms with Crippen molar-refractivity contribution in [1.82, 2.24) is 4.90 Å². The molecule has 3 amide bonds. The van der Waals surface area contributed by atoms with Gasteiger partial charge in [0.1, 0.15) is 11.8 Å². The van der Waals surface area contributed by atoms with Crippen molar-refractivity contribution >= 4 is 29.4 Å².